The van der Waals surface area contributed by atoms with Crippen LogP contribution in [0.4, 0.5) is 0 Å². The highest BCUT2D eigenvalue weighted by molar-refractivity contribution is 7.15. The number of thiazole rings is 1. The van der Waals surface area contributed by atoms with Gasteiger partial charge in [0.25, 0.3) is 11.1 Å². The number of benzene rings is 1. The van der Waals surface area contributed by atoms with Crippen LogP contribution in [-0.2, 0) is 0 Å². The zero-order chi connectivity index (χ0) is 15.0. The van der Waals surface area contributed by atoms with Crippen molar-refractivity contribution in [2.24, 2.45) is 0 Å². The Morgan fingerprint density at radius 1 is 1.19 bits per heavy atom. The molecule has 106 valence electrons. The summed E-state index contributed by atoms with van der Waals surface area (Å²) in [6.07, 6.45) is 2.83. The Labute approximate surface area is 124 Å². The molecule has 0 bridgehead atoms. The minimum atomic E-state index is -0.441. The predicted octanol–water partition coefficient (Wildman–Crippen LogP) is 1.18. The Hall–Kier alpha value is -2.34. The van der Waals surface area contributed by atoms with E-state index >= 15 is 0 Å². The third kappa shape index (κ3) is 2.62. The number of aromatic nitrogens is 3. The Bertz CT molecular complexity index is 955. The molecule has 1 aromatic carbocycles. The molecular formula is C15H13N3O2S. The second kappa shape index (κ2) is 5.21. The summed E-state index contributed by atoms with van der Waals surface area (Å²) in [5.74, 6) is 0.470. The molecular weight excluding hydrogens is 286 g/mol. The van der Waals surface area contributed by atoms with Gasteiger partial charge in [0.05, 0.1) is 4.53 Å². The second-order valence-corrected chi connectivity index (χ2v) is 6.04. The van der Waals surface area contributed by atoms with Gasteiger partial charge in [0.15, 0.2) is 0 Å². The van der Waals surface area contributed by atoms with Crippen LogP contribution < -0.4 is 15.7 Å². The van der Waals surface area contributed by atoms with Crippen LogP contribution in [0.1, 0.15) is 30.9 Å². The first-order chi connectivity index (χ1) is 10.0. The van der Waals surface area contributed by atoms with Gasteiger partial charge in [-0.3, -0.25) is 9.59 Å². The fraction of sp³-hybridized carbons (Fsp3) is 0.200. The van der Waals surface area contributed by atoms with Gasteiger partial charge in [0.2, 0.25) is 4.96 Å². The molecule has 5 nitrogen and oxygen atoms in total. The number of hydrogen-bond acceptors (Lipinski definition) is 5. The van der Waals surface area contributed by atoms with E-state index in [-0.39, 0.29) is 5.56 Å². The third-order valence-corrected chi connectivity index (χ3v) is 4.14. The van der Waals surface area contributed by atoms with E-state index in [1.165, 1.54) is 5.56 Å². The summed E-state index contributed by atoms with van der Waals surface area (Å²) in [5.41, 5.74) is 1.49. The van der Waals surface area contributed by atoms with E-state index in [4.69, 9.17) is 0 Å². The maximum atomic E-state index is 12.2. The molecule has 6 heteroatoms. The lowest BCUT2D eigenvalue weighted by atomic mass is 10.0. The van der Waals surface area contributed by atoms with Crippen molar-refractivity contribution in [1.82, 2.24) is 14.6 Å². The molecule has 0 unspecified atom stereocenters. The molecule has 21 heavy (non-hydrogen) atoms. The molecule has 0 amide bonds. The van der Waals surface area contributed by atoms with Gasteiger partial charge < -0.3 is 0 Å². The highest BCUT2D eigenvalue weighted by Crippen LogP contribution is 2.14. The van der Waals surface area contributed by atoms with E-state index in [1.807, 2.05) is 24.3 Å². The topological polar surface area (TPSA) is 64.3 Å². The minimum absolute atomic E-state index is 0.254. The summed E-state index contributed by atoms with van der Waals surface area (Å²) >= 11 is 1.16. The summed E-state index contributed by atoms with van der Waals surface area (Å²) in [6.45, 7) is 4.27. The maximum absolute atomic E-state index is 12.2. The van der Waals surface area contributed by atoms with E-state index in [9.17, 15) is 9.59 Å². The Kier molecular flexibility index (Phi) is 3.39. The zero-order valence-electron chi connectivity index (χ0n) is 11.6. The van der Waals surface area contributed by atoms with Crippen molar-refractivity contribution >= 4 is 22.4 Å². The van der Waals surface area contributed by atoms with Crippen molar-refractivity contribution < 1.29 is 0 Å². The Morgan fingerprint density at radius 3 is 2.57 bits per heavy atom. The van der Waals surface area contributed by atoms with Crippen LogP contribution in [0.3, 0.4) is 0 Å². The van der Waals surface area contributed by atoms with Crippen LogP contribution in [0.5, 0.6) is 0 Å². The quantitative estimate of drug-likeness (QED) is 0.713. The summed E-state index contributed by atoms with van der Waals surface area (Å²) in [7, 11) is 0. The van der Waals surface area contributed by atoms with E-state index in [1.54, 1.807) is 6.08 Å². The third-order valence-electron chi connectivity index (χ3n) is 3.18. The van der Waals surface area contributed by atoms with Gasteiger partial charge >= 0.3 is 0 Å². The van der Waals surface area contributed by atoms with Crippen molar-refractivity contribution in [3.63, 3.8) is 0 Å². The monoisotopic (exact) mass is 299 g/mol. The molecule has 0 spiro atoms. The smallest absolute Gasteiger partial charge is 0.266 e. The molecule has 0 aliphatic carbocycles. The van der Waals surface area contributed by atoms with E-state index in [0.717, 1.165) is 27.6 Å². The SMILES string of the molecule is CC(C)c1ccc(/C=c2\sc3nc(=O)cnn3c2=O)cc1. The standard InChI is InChI=1S/C15H13N3O2S/c1-9(2)11-5-3-10(4-6-11)7-12-14(20)18-15(21-12)17-13(19)8-16-18/h3-9H,1-2H3/b12-7-. The molecule has 3 aromatic rings. The van der Waals surface area contributed by atoms with Gasteiger partial charge in [-0.15, -0.1) is 0 Å². The first kappa shape index (κ1) is 13.6. The lowest BCUT2D eigenvalue weighted by Crippen LogP contribution is -2.25. The number of rotatable bonds is 2. The lowest BCUT2D eigenvalue weighted by molar-refractivity contribution is 0.865. The van der Waals surface area contributed by atoms with Gasteiger partial charge in [-0.2, -0.15) is 14.6 Å². The average Bonchev–Trinajstić information content (AvgIpc) is 2.75. The van der Waals surface area contributed by atoms with Crippen LogP contribution in [-0.4, -0.2) is 14.6 Å². The molecule has 0 fully saturated rings. The molecule has 2 heterocycles. The van der Waals surface area contributed by atoms with Crippen LogP contribution in [0.2, 0.25) is 0 Å². The Morgan fingerprint density at radius 2 is 1.90 bits per heavy atom. The van der Waals surface area contributed by atoms with Crippen molar-refractivity contribution in [1.29, 1.82) is 0 Å². The summed E-state index contributed by atoms with van der Waals surface area (Å²) in [6, 6.07) is 8.05. The fourth-order valence-corrected chi connectivity index (χ4v) is 2.92. The van der Waals surface area contributed by atoms with Crippen LogP contribution in [0, 0.1) is 0 Å². The molecule has 0 saturated heterocycles. The summed E-state index contributed by atoms with van der Waals surface area (Å²) < 4.78 is 1.67. The highest BCUT2D eigenvalue weighted by atomic mass is 32.1. The molecule has 0 aliphatic rings. The van der Waals surface area contributed by atoms with Crippen molar-refractivity contribution in [2.75, 3.05) is 0 Å². The normalized spacial score (nSPS) is 12.4. The molecule has 0 N–H and O–H groups in total. The average molecular weight is 299 g/mol. The first-order valence-electron chi connectivity index (χ1n) is 6.55. The largest absolute Gasteiger partial charge is 0.292 e. The summed E-state index contributed by atoms with van der Waals surface area (Å²) in [4.78, 5) is 27.4. The van der Waals surface area contributed by atoms with E-state index in [2.05, 4.69) is 23.9 Å². The molecule has 3 rings (SSSR count). The highest BCUT2D eigenvalue weighted by Gasteiger charge is 2.05. The number of hydrogen-bond donors (Lipinski definition) is 0. The van der Waals surface area contributed by atoms with Crippen LogP contribution in [0.25, 0.3) is 11.0 Å². The first-order valence-corrected chi connectivity index (χ1v) is 7.37. The molecule has 0 atom stereocenters. The maximum Gasteiger partial charge on any atom is 0.292 e. The molecule has 0 aliphatic heterocycles. The van der Waals surface area contributed by atoms with E-state index < -0.39 is 5.56 Å². The molecule has 0 saturated carbocycles. The minimum Gasteiger partial charge on any atom is -0.266 e. The number of nitrogens with zero attached hydrogens (tertiary/aromatic N) is 3. The molecule has 0 radical (unpaired) electrons. The number of fused-ring (bicyclic) bond motifs is 1. The van der Waals surface area contributed by atoms with Gasteiger partial charge in [-0.25, -0.2) is 0 Å². The van der Waals surface area contributed by atoms with Crippen molar-refractivity contribution in [3.8, 4) is 0 Å². The Balaban J connectivity index is 2.13. The molecule has 2 aromatic heterocycles. The van der Waals surface area contributed by atoms with Gasteiger partial charge in [-0.1, -0.05) is 49.4 Å². The lowest BCUT2D eigenvalue weighted by Gasteiger charge is -2.04. The van der Waals surface area contributed by atoms with E-state index in [0.29, 0.717) is 15.4 Å². The van der Waals surface area contributed by atoms with Gasteiger partial charge in [0, 0.05) is 0 Å². The van der Waals surface area contributed by atoms with Gasteiger partial charge in [-0.05, 0) is 23.1 Å². The van der Waals surface area contributed by atoms with Crippen LogP contribution in [0.15, 0.2) is 40.1 Å². The zero-order valence-corrected chi connectivity index (χ0v) is 12.4. The van der Waals surface area contributed by atoms with Crippen molar-refractivity contribution in [3.05, 3.63) is 66.8 Å². The van der Waals surface area contributed by atoms with Crippen LogP contribution >= 0.6 is 11.3 Å². The van der Waals surface area contributed by atoms with Gasteiger partial charge in [0.1, 0.15) is 6.20 Å². The second-order valence-electron chi connectivity index (χ2n) is 5.03. The summed E-state index contributed by atoms with van der Waals surface area (Å²) in [5, 5.41) is 3.80. The fourth-order valence-electron chi connectivity index (χ4n) is 2.00. The predicted molar refractivity (Wildman–Crippen MR) is 82.7 cm³/mol. The van der Waals surface area contributed by atoms with Crippen molar-refractivity contribution in [2.45, 2.75) is 19.8 Å².